The van der Waals surface area contributed by atoms with E-state index in [-0.39, 0.29) is 5.60 Å². The van der Waals surface area contributed by atoms with Crippen LogP contribution in [0.25, 0.3) is 0 Å². The number of hydrogen-bond acceptors (Lipinski definition) is 3. The molecule has 17 heavy (non-hydrogen) atoms. The fraction of sp³-hybridized carbons (Fsp3) is 1.00. The number of ether oxygens (including phenoxy) is 1. The van der Waals surface area contributed by atoms with Gasteiger partial charge in [-0.05, 0) is 44.9 Å². The van der Waals surface area contributed by atoms with E-state index in [0.717, 1.165) is 18.2 Å². The van der Waals surface area contributed by atoms with Gasteiger partial charge in [0.25, 0.3) is 0 Å². The lowest BCUT2D eigenvalue weighted by Gasteiger charge is -2.26. The summed E-state index contributed by atoms with van der Waals surface area (Å²) in [6.45, 7) is 12.2. The highest BCUT2D eigenvalue weighted by Crippen LogP contribution is 2.19. The number of nitrogens with one attached hydrogen (secondary N) is 1. The number of hydrogen-bond donors (Lipinski definition) is 1. The van der Waals surface area contributed by atoms with Gasteiger partial charge in [0.05, 0.1) is 5.60 Å². The van der Waals surface area contributed by atoms with Gasteiger partial charge >= 0.3 is 0 Å². The molecule has 0 aliphatic rings. The fourth-order valence-corrected chi connectivity index (χ4v) is 2.43. The maximum absolute atomic E-state index is 5.48. The second-order valence-corrected chi connectivity index (χ2v) is 7.15. The fourth-order valence-electron chi connectivity index (χ4n) is 1.53. The molecule has 1 N–H and O–H groups in total. The monoisotopic (exact) mass is 261 g/mol. The molecule has 0 bridgehead atoms. The molecule has 0 aromatic rings. The topological polar surface area (TPSA) is 21.3 Å². The molecule has 0 amide bonds. The summed E-state index contributed by atoms with van der Waals surface area (Å²) >= 11 is 2.04. The Balaban J connectivity index is 4.00. The van der Waals surface area contributed by atoms with Crippen LogP contribution in [0, 0.1) is 0 Å². The van der Waals surface area contributed by atoms with Crippen molar-refractivity contribution in [2.24, 2.45) is 0 Å². The van der Waals surface area contributed by atoms with E-state index < -0.39 is 0 Å². The molecular formula is C14H31NOS. The smallest absolute Gasteiger partial charge is 0.0623 e. The summed E-state index contributed by atoms with van der Waals surface area (Å²) in [7, 11) is 1.80. The number of rotatable bonds is 10. The maximum atomic E-state index is 5.48. The molecule has 0 heterocycles. The van der Waals surface area contributed by atoms with Crippen LogP contribution < -0.4 is 5.32 Å². The summed E-state index contributed by atoms with van der Waals surface area (Å²) in [4.78, 5) is 0. The van der Waals surface area contributed by atoms with Gasteiger partial charge in [0.15, 0.2) is 0 Å². The Hall–Kier alpha value is 0.270. The van der Waals surface area contributed by atoms with E-state index in [4.69, 9.17) is 4.74 Å². The molecule has 0 saturated heterocycles. The Labute approximate surface area is 112 Å². The third-order valence-corrected chi connectivity index (χ3v) is 4.22. The minimum Gasteiger partial charge on any atom is -0.379 e. The van der Waals surface area contributed by atoms with Crippen molar-refractivity contribution in [2.75, 3.05) is 19.4 Å². The molecule has 0 fully saturated rings. The predicted molar refractivity (Wildman–Crippen MR) is 80.0 cm³/mol. The molecule has 2 nitrogen and oxygen atoms in total. The Bertz CT molecular complexity index is 183. The summed E-state index contributed by atoms with van der Waals surface area (Å²) in [5.74, 6) is 1.21. The zero-order chi connectivity index (χ0) is 13.3. The molecule has 0 aromatic heterocycles. The lowest BCUT2D eigenvalue weighted by Crippen LogP contribution is -2.35. The van der Waals surface area contributed by atoms with Gasteiger partial charge in [-0.3, -0.25) is 0 Å². The standard InChI is InChI=1S/C14H31NOS/c1-7-10-15-13(11-17-12(2)3)8-9-14(4,5)16-6/h12-13,15H,7-11H2,1-6H3. The average Bonchev–Trinajstić information content (AvgIpc) is 2.28. The summed E-state index contributed by atoms with van der Waals surface area (Å²) in [6.07, 6.45) is 3.51. The van der Waals surface area contributed by atoms with Crippen molar-refractivity contribution < 1.29 is 4.74 Å². The third kappa shape index (κ3) is 9.93. The van der Waals surface area contributed by atoms with Crippen molar-refractivity contribution in [3.63, 3.8) is 0 Å². The molecule has 0 saturated carbocycles. The first-order valence-electron chi connectivity index (χ1n) is 6.81. The summed E-state index contributed by atoms with van der Waals surface area (Å²) in [5, 5.41) is 4.36. The second-order valence-electron chi connectivity index (χ2n) is 5.54. The SMILES string of the molecule is CCCNC(CCC(C)(C)OC)CSC(C)C. The van der Waals surface area contributed by atoms with Gasteiger partial charge < -0.3 is 10.1 Å². The largest absolute Gasteiger partial charge is 0.379 e. The van der Waals surface area contributed by atoms with Crippen LogP contribution in [0.1, 0.15) is 53.9 Å². The molecule has 0 aromatic carbocycles. The Kier molecular flexibility index (Phi) is 9.38. The minimum absolute atomic E-state index is 0.00857. The zero-order valence-electron chi connectivity index (χ0n) is 12.5. The van der Waals surface area contributed by atoms with E-state index in [9.17, 15) is 0 Å². The summed E-state index contributed by atoms with van der Waals surface area (Å²) in [6, 6.07) is 0.622. The van der Waals surface area contributed by atoms with Crippen molar-refractivity contribution in [3.8, 4) is 0 Å². The summed E-state index contributed by atoms with van der Waals surface area (Å²) in [5.41, 5.74) is 0.00857. The van der Waals surface area contributed by atoms with Crippen molar-refractivity contribution in [3.05, 3.63) is 0 Å². The molecular weight excluding hydrogens is 230 g/mol. The number of methoxy groups -OCH3 is 1. The first-order chi connectivity index (χ1) is 7.91. The molecule has 1 unspecified atom stereocenters. The van der Waals surface area contributed by atoms with Crippen LogP contribution in [-0.2, 0) is 4.74 Å². The van der Waals surface area contributed by atoms with E-state index in [1.807, 2.05) is 11.8 Å². The Morgan fingerprint density at radius 2 is 1.94 bits per heavy atom. The van der Waals surface area contributed by atoms with E-state index in [0.29, 0.717) is 6.04 Å². The van der Waals surface area contributed by atoms with Gasteiger partial charge in [0, 0.05) is 18.9 Å². The highest BCUT2D eigenvalue weighted by molar-refractivity contribution is 7.99. The first kappa shape index (κ1) is 17.3. The Morgan fingerprint density at radius 3 is 2.41 bits per heavy atom. The third-order valence-electron chi connectivity index (χ3n) is 2.96. The van der Waals surface area contributed by atoms with Gasteiger partial charge in [0.1, 0.15) is 0 Å². The van der Waals surface area contributed by atoms with Gasteiger partial charge in [-0.15, -0.1) is 0 Å². The second kappa shape index (κ2) is 9.23. The van der Waals surface area contributed by atoms with Crippen LogP contribution in [0.5, 0.6) is 0 Å². The lowest BCUT2D eigenvalue weighted by atomic mass is 9.99. The van der Waals surface area contributed by atoms with Crippen LogP contribution in [0.2, 0.25) is 0 Å². The quantitative estimate of drug-likeness (QED) is 0.648. The van der Waals surface area contributed by atoms with Crippen LogP contribution in [0.15, 0.2) is 0 Å². The van der Waals surface area contributed by atoms with Gasteiger partial charge in [0.2, 0.25) is 0 Å². The lowest BCUT2D eigenvalue weighted by molar-refractivity contribution is 0.0122. The van der Waals surface area contributed by atoms with E-state index in [2.05, 4.69) is 39.9 Å². The highest BCUT2D eigenvalue weighted by atomic mass is 32.2. The maximum Gasteiger partial charge on any atom is 0.0623 e. The zero-order valence-corrected chi connectivity index (χ0v) is 13.3. The van der Waals surface area contributed by atoms with Gasteiger partial charge in [-0.2, -0.15) is 11.8 Å². The van der Waals surface area contributed by atoms with Crippen LogP contribution in [-0.4, -0.2) is 36.3 Å². The highest BCUT2D eigenvalue weighted by Gasteiger charge is 2.19. The molecule has 0 aliphatic heterocycles. The minimum atomic E-state index is 0.00857. The van der Waals surface area contributed by atoms with E-state index in [1.54, 1.807) is 7.11 Å². The van der Waals surface area contributed by atoms with Crippen LogP contribution in [0.3, 0.4) is 0 Å². The van der Waals surface area contributed by atoms with Crippen molar-refractivity contribution in [1.82, 2.24) is 5.32 Å². The molecule has 1 atom stereocenters. The van der Waals surface area contributed by atoms with Crippen molar-refractivity contribution in [1.29, 1.82) is 0 Å². The molecule has 3 heteroatoms. The molecule has 0 rings (SSSR count). The van der Waals surface area contributed by atoms with E-state index in [1.165, 1.54) is 18.6 Å². The van der Waals surface area contributed by atoms with Crippen LogP contribution >= 0.6 is 11.8 Å². The normalized spacial score (nSPS) is 14.3. The van der Waals surface area contributed by atoms with Crippen molar-refractivity contribution >= 4 is 11.8 Å². The Morgan fingerprint density at radius 1 is 1.29 bits per heavy atom. The van der Waals surface area contributed by atoms with Crippen LogP contribution in [0.4, 0.5) is 0 Å². The average molecular weight is 261 g/mol. The molecule has 0 spiro atoms. The number of thioether (sulfide) groups is 1. The first-order valence-corrected chi connectivity index (χ1v) is 7.86. The van der Waals surface area contributed by atoms with Crippen molar-refractivity contribution in [2.45, 2.75) is 70.8 Å². The summed E-state index contributed by atoms with van der Waals surface area (Å²) < 4.78 is 5.48. The molecule has 0 aliphatic carbocycles. The van der Waals surface area contributed by atoms with Gasteiger partial charge in [-0.25, -0.2) is 0 Å². The molecule has 0 radical (unpaired) electrons. The molecule has 104 valence electrons. The predicted octanol–water partition coefficient (Wildman–Crippen LogP) is 3.70. The van der Waals surface area contributed by atoms with E-state index >= 15 is 0 Å². The van der Waals surface area contributed by atoms with Gasteiger partial charge in [-0.1, -0.05) is 20.8 Å².